The first-order chi connectivity index (χ1) is 16.0. The van der Waals surface area contributed by atoms with Crippen LogP contribution in [0.3, 0.4) is 0 Å². The van der Waals surface area contributed by atoms with Crippen LogP contribution in [0.1, 0.15) is 23.6 Å². The third-order valence-electron chi connectivity index (χ3n) is 5.27. The lowest BCUT2D eigenvalue weighted by Crippen LogP contribution is -2.51. The van der Waals surface area contributed by atoms with E-state index in [0.29, 0.717) is 23.7 Å². The van der Waals surface area contributed by atoms with Gasteiger partial charge in [-0.2, -0.15) is 0 Å². The fraction of sp³-hybridized carbons (Fsp3) is 0.259. The van der Waals surface area contributed by atoms with Crippen LogP contribution in [-0.4, -0.2) is 35.9 Å². The molecule has 0 spiro atoms. The van der Waals surface area contributed by atoms with E-state index in [2.05, 4.69) is 5.32 Å². The molecule has 0 radical (unpaired) electrons. The van der Waals surface area contributed by atoms with Crippen molar-refractivity contribution >= 4 is 23.4 Å². The van der Waals surface area contributed by atoms with Gasteiger partial charge in [0.1, 0.15) is 11.8 Å². The van der Waals surface area contributed by atoms with Crippen molar-refractivity contribution in [1.82, 2.24) is 10.2 Å². The number of hydrogen-bond donors (Lipinski definition) is 1. The summed E-state index contributed by atoms with van der Waals surface area (Å²) in [6.45, 7) is 4.31. The Morgan fingerprint density at radius 2 is 1.73 bits per heavy atom. The van der Waals surface area contributed by atoms with E-state index in [4.69, 9.17) is 16.3 Å². The van der Waals surface area contributed by atoms with Gasteiger partial charge in [-0.3, -0.25) is 9.59 Å². The Labute approximate surface area is 200 Å². The van der Waals surface area contributed by atoms with Crippen LogP contribution in [0.4, 0.5) is 0 Å². The summed E-state index contributed by atoms with van der Waals surface area (Å²) >= 11 is 6.40. The van der Waals surface area contributed by atoms with Crippen molar-refractivity contribution in [2.24, 2.45) is 0 Å². The fourth-order valence-electron chi connectivity index (χ4n) is 3.59. The average molecular weight is 465 g/mol. The molecule has 172 valence electrons. The van der Waals surface area contributed by atoms with Gasteiger partial charge >= 0.3 is 0 Å². The van der Waals surface area contributed by atoms with E-state index in [1.807, 2.05) is 86.6 Å². The van der Waals surface area contributed by atoms with Crippen LogP contribution in [-0.2, 0) is 22.6 Å². The van der Waals surface area contributed by atoms with Crippen molar-refractivity contribution < 1.29 is 14.3 Å². The van der Waals surface area contributed by atoms with Crippen molar-refractivity contribution in [2.45, 2.75) is 32.9 Å². The van der Waals surface area contributed by atoms with Crippen LogP contribution in [0.25, 0.3) is 0 Å². The monoisotopic (exact) mass is 464 g/mol. The highest BCUT2D eigenvalue weighted by Crippen LogP contribution is 2.21. The number of ether oxygens (including phenoxy) is 1. The van der Waals surface area contributed by atoms with Gasteiger partial charge in [-0.15, -0.1) is 0 Å². The molecule has 0 bridgehead atoms. The molecule has 33 heavy (non-hydrogen) atoms. The van der Waals surface area contributed by atoms with Crippen LogP contribution in [0.15, 0.2) is 78.9 Å². The molecule has 5 nitrogen and oxygen atoms in total. The number of hydrogen-bond acceptors (Lipinski definition) is 3. The van der Waals surface area contributed by atoms with Crippen LogP contribution in [0.2, 0.25) is 5.02 Å². The maximum Gasteiger partial charge on any atom is 0.261 e. The van der Waals surface area contributed by atoms with Gasteiger partial charge < -0.3 is 15.0 Å². The number of rotatable bonds is 10. The molecule has 0 fully saturated rings. The highest BCUT2D eigenvalue weighted by Gasteiger charge is 2.30. The highest BCUT2D eigenvalue weighted by atomic mass is 35.5. The predicted octanol–water partition coefficient (Wildman–Crippen LogP) is 4.80. The Kier molecular flexibility index (Phi) is 8.90. The number of carbonyl (C=O) groups is 2. The Morgan fingerprint density at radius 3 is 2.42 bits per heavy atom. The molecule has 1 atom stereocenters. The summed E-state index contributed by atoms with van der Waals surface area (Å²) in [6.07, 6.45) is 0.382. The molecule has 0 unspecified atom stereocenters. The zero-order valence-electron chi connectivity index (χ0n) is 19.0. The van der Waals surface area contributed by atoms with Gasteiger partial charge in [-0.1, -0.05) is 72.3 Å². The summed E-state index contributed by atoms with van der Waals surface area (Å²) in [5.74, 6) is 0.111. The average Bonchev–Trinajstić information content (AvgIpc) is 2.82. The molecule has 1 N–H and O–H groups in total. The van der Waals surface area contributed by atoms with E-state index in [1.54, 1.807) is 11.0 Å². The number of benzene rings is 3. The molecule has 0 aromatic heterocycles. The molecule has 0 aliphatic carbocycles. The number of aryl methyl sites for hydroxylation is 1. The maximum absolute atomic E-state index is 13.4. The van der Waals surface area contributed by atoms with Gasteiger partial charge in [0.15, 0.2) is 6.61 Å². The summed E-state index contributed by atoms with van der Waals surface area (Å²) in [6, 6.07) is 23.8. The second-order valence-electron chi connectivity index (χ2n) is 7.82. The predicted molar refractivity (Wildman–Crippen MR) is 131 cm³/mol. The van der Waals surface area contributed by atoms with Crippen LogP contribution >= 0.6 is 11.6 Å². The summed E-state index contributed by atoms with van der Waals surface area (Å²) in [5, 5.41) is 3.42. The molecule has 0 saturated carbocycles. The third kappa shape index (κ3) is 7.09. The second kappa shape index (κ2) is 12.1. The first kappa shape index (κ1) is 24.3. The topological polar surface area (TPSA) is 58.6 Å². The minimum atomic E-state index is -0.711. The Hall–Kier alpha value is -3.31. The summed E-state index contributed by atoms with van der Waals surface area (Å²) < 4.78 is 5.78. The third-order valence-corrected chi connectivity index (χ3v) is 5.64. The molecular weight excluding hydrogens is 436 g/mol. The van der Waals surface area contributed by atoms with Crippen molar-refractivity contribution in [3.63, 3.8) is 0 Å². The first-order valence-corrected chi connectivity index (χ1v) is 11.4. The standard InChI is InChI=1S/C27H29ClN2O3/c1-3-29-27(32)25(17-21-11-5-4-6-12-21)30(18-22-13-7-8-15-24(22)28)26(31)19-33-23-14-9-10-20(2)16-23/h4-16,25H,3,17-19H2,1-2H3,(H,29,32)/t25-/m0/s1. The minimum Gasteiger partial charge on any atom is -0.484 e. The Balaban J connectivity index is 1.90. The number of nitrogens with one attached hydrogen (secondary N) is 1. The van der Waals surface area contributed by atoms with Gasteiger partial charge in [0.25, 0.3) is 5.91 Å². The van der Waals surface area contributed by atoms with Gasteiger partial charge in [-0.25, -0.2) is 0 Å². The van der Waals surface area contributed by atoms with Gasteiger partial charge in [0.2, 0.25) is 5.91 Å². The van der Waals surface area contributed by atoms with Gasteiger partial charge in [-0.05, 0) is 48.7 Å². The molecule has 3 rings (SSSR count). The zero-order valence-corrected chi connectivity index (χ0v) is 19.7. The lowest BCUT2D eigenvalue weighted by atomic mass is 10.0. The fourth-order valence-corrected chi connectivity index (χ4v) is 3.78. The number of likely N-dealkylation sites (N-methyl/N-ethyl adjacent to an activating group) is 1. The number of halogens is 1. The van der Waals surface area contributed by atoms with Crippen LogP contribution in [0.5, 0.6) is 5.75 Å². The quantitative estimate of drug-likeness (QED) is 0.468. The van der Waals surface area contributed by atoms with E-state index in [0.717, 1.165) is 16.7 Å². The van der Waals surface area contributed by atoms with Crippen LogP contribution in [0, 0.1) is 6.92 Å². The molecule has 3 aromatic carbocycles. The second-order valence-corrected chi connectivity index (χ2v) is 8.23. The van der Waals surface area contributed by atoms with E-state index in [1.165, 1.54) is 0 Å². The Bertz CT molecular complexity index is 1070. The van der Waals surface area contributed by atoms with Crippen molar-refractivity contribution in [1.29, 1.82) is 0 Å². The number of amides is 2. The number of carbonyl (C=O) groups excluding carboxylic acids is 2. The van der Waals surface area contributed by atoms with Crippen molar-refractivity contribution in [2.75, 3.05) is 13.2 Å². The van der Waals surface area contributed by atoms with Gasteiger partial charge in [0, 0.05) is 24.5 Å². The normalized spacial score (nSPS) is 11.5. The molecule has 2 amide bonds. The largest absolute Gasteiger partial charge is 0.484 e. The zero-order chi connectivity index (χ0) is 23.6. The molecule has 0 saturated heterocycles. The Morgan fingerprint density at radius 1 is 1.00 bits per heavy atom. The smallest absolute Gasteiger partial charge is 0.261 e. The van der Waals surface area contributed by atoms with Crippen molar-refractivity contribution in [3.05, 3.63) is 101 Å². The van der Waals surface area contributed by atoms with E-state index >= 15 is 0 Å². The first-order valence-electron chi connectivity index (χ1n) is 11.0. The molecule has 0 aliphatic heterocycles. The SMILES string of the molecule is CCNC(=O)[C@H](Cc1ccccc1)N(Cc1ccccc1Cl)C(=O)COc1cccc(C)c1. The molecule has 0 aliphatic rings. The summed E-state index contributed by atoms with van der Waals surface area (Å²) in [7, 11) is 0. The maximum atomic E-state index is 13.4. The summed E-state index contributed by atoms with van der Waals surface area (Å²) in [5.41, 5.74) is 2.77. The highest BCUT2D eigenvalue weighted by molar-refractivity contribution is 6.31. The van der Waals surface area contributed by atoms with E-state index < -0.39 is 6.04 Å². The lowest BCUT2D eigenvalue weighted by molar-refractivity contribution is -0.142. The van der Waals surface area contributed by atoms with Gasteiger partial charge in [0.05, 0.1) is 0 Å². The summed E-state index contributed by atoms with van der Waals surface area (Å²) in [4.78, 5) is 28.1. The molecule has 3 aromatic rings. The van der Waals surface area contributed by atoms with Crippen LogP contribution < -0.4 is 10.1 Å². The minimum absolute atomic E-state index is 0.182. The molecule has 6 heteroatoms. The molecular formula is C27H29ClN2O3. The van der Waals surface area contributed by atoms with Crippen molar-refractivity contribution in [3.8, 4) is 5.75 Å². The lowest BCUT2D eigenvalue weighted by Gasteiger charge is -2.31. The van der Waals surface area contributed by atoms with E-state index in [-0.39, 0.29) is 25.0 Å². The number of nitrogens with zero attached hydrogens (tertiary/aromatic N) is 1. The van der Waals surface area contributed by atoms with E-state index in [9.17, 15) is 9.59 Å². The molecule has 0 heterocycles.